The summed E-state index contributed by atoms with van der Waals surface area (Å²) in [5, 5.41) is 0. The molecule has 0 fully saturated rings. The van der Waals surface area contributed by atoms with Gasteiger partial charge in [0.2, 0.25) is 0 Å². The predicted octanol–water partition coefficient (Wildman–Crippen LogP) is 2.26. The Morgan fingerprint density at radius 3 is 1.86 bits per heavy atom. The summed E-state index contributed by atoms with van der Waals surface area (Å²) < 4.78 is 0. The minimum atomic E-state index is 0. The molecule has 0 atom stereocenters. The van der Waals surface area contributed by atoms with E-state index in [1.165, 1.54) is 6.42 Å². The number of rotatable bonds is 2. The molecule has 0 saturated heterocycles. The predicted molar refractivity (Wildman–Crippen MR) is 29.4 cm³/mol. The first-order valence-electron chi connectivity index (χ1n) is 2.55. The van der Waals surface area contributed by atoms with Crippen LogP contribution in [0.4, 0.5) is 0 Å². The molecule has 0 rings (SSSR count). The zero-order valence-electron chi connectivity index (χ0n) is 5.57. The zero-order valence-corrected chi connectivity index (χ0v) is 12.0. The fourth-order valence-corrected chi connectivity index (χ4v) is 0.471. The van der Waals surface area contributed by atoms with Gasteiger partial charge in [-0.3, -0.25) is 0 Å². The molecule has 0 aliphatic rings. The van der Waals surface area contributed by atoms with E-state index in [0.717, 1.165) is 5.92 Å². The van der Waals surface area contributed by atoms with Crippen molar-refractivity contribution in [3.8, 4) is 0 Å². The first-order valence-corrected chi connectivity index (χ1v) is 2.55. The van der Waals surface area contributed by atoms with Gasteiger partial charge in [-0.05, 0) is 0 Å². The van der Waals surface area contributed by atoms with Crippen molar-refractivity contribution in [2.45, 2.75) is 27.2 Å². The minimum Gasteiger partial charge on any atom is -0.331 e. The summed E-state index contributed by atoms with van der Waals surface area (Å²) in [4.78, 5) is 0. The van der Waals surface area contributed by atoms with Crippen molar-refractivity contribution in [2.24, 2.45) is 5.92 Å². The molecule has 0 aromatic heterocycles. The van der Waals surface area contributed by atoms with Crippen LogP contribution in [0.2, 0.25) is 0 Å². The van der Waals surface area contributed by atoms with E-state index in [1.807, 2.05) is 0 Å². The largest absolute Gasteiger partial charge is 0.331 e. The maximum atomic E-state index is 2.22. The van der Waals surface area contributed by atoms with Gasteiger partial charge >= 0.3 is 0 Å². The van der Waals surface area contributed by atoms with Crippen LogP contribution in [0.25, 0.3) is 0 Å². The summed E-state index contributed by atoms with van der Waals surface area (Å²) in [6.07, 6.45) is 3.45. The molecule has 0 aliphatic heterocycles. The van der Waals surface area contributed by atoms with E-state index in [0.29, 0.717) is 0 Å². The SMILES string of the molecule is C[CH-]CC(C)C.[Rf]. The van der Waals surface area contributed by atoms with Gasteiger partial charge in [0, 0.05) is 0 Å². The van der Waals surface area contributed by atoms with Crippen LogP contribution in [0.5, 0.6) is 0 Å². The molecular formula is C6H13Rf-. The molecule has 0 aromatic rings. The van der Waals surface area contributed by atoms with Crippen molar-refractivity contribution >= 4 is 0 Å². The van der Waals surface area contributed by atoms with Crippen molar-refractivity contribution in [1.29, 1.82) is 0 Å². The maximum Gasteiger partial charge on any atom is 0 e. The van der Waals surface area contributed by atoms with Crippen molar-refractivity contribution in [3.05, 3.63) is 6.42 Å². The first kappa shape index (κ1) is 9.38. The summed E-state index contributed by atoms with van der Waals surface area (Å²) in [7, 11) is 0. The van der Waals surface area contributed by atoms with Gasteiger partial charge in [-0.15, -0.1) is 0 Å². The van der Waals surface area contributed by atoms with Crippen molar-refractivity contribution in [3.63, 3.8) is 0 Å². The van der Waals surface area contributed by atoms with E-state index in [1.54, 1.807) is 0 Å². The standard InChI is InChI=1S/C6H13.Rf/c1-4-5-6(2)3;/h4,6H,5H2,1-3H3;/q-1;. The minimum absolute atomic E-state index is 0. The fourth-order valence-electron chi connectivity index (χ4n) is 0.471. The van der Waals surface area contributed by atoms with Crippen LogP contribution in [0.1, 0.15) is 27.2 Å². The summed E-state index contributed by atoms with van der Waals surface area (Å²) in [5.74, 6) is 0.843. The van der Waals surface area contributed by atoms with E-state index in [2.05, 4.69) is 27.2 Å². The quantitative estimate of drug-likeness (QED) is 0.669. The molecule has 1 heteroatoms. The summed E-state index contributed by atoms with van der Waals surface area (Å²) >= 11 is 0. The van der Waals surface area contributed by atoms with Crippen molar-refractivity contribution < 1.29 is 0 Å². The van der Waals surface area contributed by atoms with Gasteiger partial charge in [0.1, 0.15) is 0 Å². The molecule has 0 bridgehead atoms. The van der Waals surface area contributed by atoms with E-state index in [9.17, 15) is 0 Å². The Balaban J connectivity index is 0. The molecule has 0 spiro atoms. The molecule has 0 radical (unpaired) electrons. The summed E-state index contributed by atoms with van der Waals surface area (Å²) in [6, 6.07) is 0. The normalized spacial score (nSPS) is 8.57. The topological polar surface area (TPSA) is 0 Å². The van der Waals surface area contributed by atoms with Gasteiger partial charge < -0.3 is 6.42 Å². The molecule has 0 amide bonds. The van der Waals surface area contributed by atoms with Crippen LogP contribution in [-0.4, -0.2) is 0 Å². The van der Waals surface area contributed by atoms with Crippen LogP contribution < -0.4 is 0 Å². The van der Waals surface area contributed by atoms with Gasteiger partial charge in [0.25, 0.3) is 0 Å². The van der Waals surface area contributed by atoms with Gasteiger partial charge in [-0.1, -0.05) is 19.8 Å². The molecule has 0 nitrogen and oxygen atoms in total. The number of hydrogen-bond acceptors (Lipinski definition) is 0. The molecule has 0 saturated carbocycles. The van der Waals surface area contributed by atoms with Crippen LogP contribution in [0, 0.1) is 12.3 Å². The third-order valence-electron chi connectivity index (χ3n) is 0.707. The molecule has 0 unspecified atom stereocenters. The zero-order chi connectivity index (χ0) is 4.99. The van der Waals surface area contributed by atoms with E-state index >= 15 is 0 Å². The van der Waals surface area contributed by atoms with Gasteiger partial charge in [-0.25, -0.2) is 0 Å². The third-order valence-corrected chi connectivity index (χ3v) is 0.707. The van der Waals surface area contributed by atoms with Gasteiger partial charge in [0.15, 0.2) is 0 Å². The van der Waals surface area contributed by atoms with Crippen molar-refractivity contribution in [2.75, 3.05) is 0 Å². The monoisotopic (exact) mass is 352 g/mol. The maximum absolute atomic E-state index is 2.22. The molecule has 0 N–H and O–H groups in total. The van der Waals surface area contributed by atoms with Crippen molar-refractivity contribution in [1.82, 2.24) is 0 Å². The summed E-state index contributed by atoms with van der Waals surface area (Å²) in [5.41, 5.74) is 0. The summed E-state index contributed by atoms with van der Waals surface area (Å²) in [6.45, 7) is 6.54. The fraction of sp³-hybridized carbons (Fsp3) is 0.833. The average molecular weight is 352 g/mol. The Morgan fingerprint density at radius 2 is 1.86 bits per heavy atom. The van der Waals surface area contributed by atoms with E-state index in [-0.39, 0.29) is 0 Å². The molecule has 40 valence electrons. The average Bonchev–Trinajstić information content (AvgIpc) is 1.35. The Morgan fingerprint density at radius 1 is 1.43 bits per heavy atom. The Kier molecular flexibility index (Phi) is 6.70. The van der Waals surface area contributed by atoms with Crippen LogP contribution in [0.3, 0.4) is 0 Å². The second-order valence-electron chi connectivity index (χ2n) is 2.04. The molecule has 0 heterocycles. The molecule has 0 aromatic carbocycles. The molecular weight excluding hydrogens is 339 g/mol. The van der Waals surface area contributed by atoms with E-state index in [4.69, 9.17) is 0 Å². The Hall–Kier alpha value is -1.00. The van der Waals surface area contributed by atoms with Gasteiger partial charge in [-0.2, -0.15) is 13.3 Å². The van der Waals surface area contributed by atoms with Gasteiger partial charge in [0.05, 0.1) is 0 Å². The van der Waals surface area contributed by atoms with Crippen LogP contribution in [-0.2, 0) is 0 Å². The second-order valence-corrected chi connectivity index (χ2v) is 2.04. The molecule has 0 aliphatic carbocycles. The van der Waals surface area contributed by atoms with Crippen LogP contribution in [0.15, 0.2) is 0 Å². The Bertz CT molecular complexity index is 25.4. The van der Waals surface area contributed by atoms with Crippen LogP contribution >= 0.6 is 0 Å². The number of hydrogen-bond donors (Lipinski definition) is 0. The smallest absolute Gasteiger partial charge is 0 e. The first-order chi connectivity index (χ1) is 2.77. The van der Waals surface area contributed by atoms with E-state index < -0.39 is 0 Å². The molecule has 7 heavy (non-hydrogen) atoms. The third kappa shape index (κ3) is 11.2. The second kappa shape index (κ2) is 5.00. The Labute approximate surface area is 40.6 Å².